The zero-order valence-corrected chi connectivity index (χ0v) is 10.5. The van der Waals surface area contributed by atoms with Gasteiger partial charge in [-0.2, -0.15) is 5.10 Å². The Morgan fingerprint density at radius 1 is 1.05 bits per heavy atom. The molecule has 0 spiro atoms. The molecule has 3 aromatic rings. The second-order valence-electron chi connectivity index (χ2n) is 4.35. The molecular formula is C15H15N3O. The highest BCUT2D eigenvalue weighted by Crippen LogP contribution is 2.08. The van der Waals surface area contributed by atoms with Gasteiger partial charge in [-0.15, -0.1) is 0 Å². The quantitative estimate of drug-likeness (QED) is 0.760. The fourth-order valence-electron chi connectivity index (χ4n) is 1.93. The molecule has 19 heavy (non-hydrogen) atoms. The Bertz CT molecular complexity index is 597. The first kappa shape index (κ1) is 11.7. The third-order valence-electron chi connectivity index (χ3n) is 2.94. The molecule has 2 aromatic heterocycles. The number of nitrogens with one attached hydrogen (secondary N) is 1. The lowest BCUT2D eigenvalue weighted by Crippen LogP contribution is -2.12. The lowest BCUT2D eigenvalue weighted by atomic mass is 10.2. The average molecular weight is 253 g/mol. The van der Waals surface area contributed by atoms with Crippen LogP contribution in [0.4, 0.5) is 0 Å². The summed E-state index contributed by atoms with van der Waals surface area (Å²) in [4.78, 5) is 0. The van der Waals surface area contributed by atoms with Crippen LogP contribution in [0.2, 0.25) is 0 Å². The number of aromatic nitrogens is 2. The minimum Gasteiger partial charge on any atom is -0.472 e. The topological polar surface area (TPSA) is 43.0 Å². The van der Waals surface area contributed by atoms with Gasteiger partial charge in [-0.1, -0.05) is 12.1 Å². The lowest BCUT2D eigenvalue weighted by Gasteiger charge is -2.05. The molecule has 0 aliphatic rings. The molecule has 0 unspecified atom stereocenters. The molecule has 1 aromatic carbocycles. The van der Waals surface area contributed by atoms with Crippen LogP contribution in [-0.2, 0) is 13.1 Å². The van der Waals surface area contributed by atoms with Gasteiger partial charge < -0.3 is 9.73 Å². The van der Waals surface area contributed by atoms with E-state index in [1.54, 1.807) is 18.7 Å². The predicted octanol–water partition coefficient (Wildman–Crippen LogP) is 2.76. The predicted molar refractivity (Wildman–Crippen MR) is 72.8 cm³/mol. The molecule has 1 N–H and O–H groups in total. The van der Waals surface area contributed by atoms with Gasteiger partial charge in [0.1, 0.15) is 0 Å². The summed E-state index contributed by atoms with van der Waals surface area (Å²) in [5, 5.41) is 7.58. The molecule has 0 amide bonds. The highest BCUT2D eigenvalue weighted by molar-refractivity contribution is 5.33. The number of rotatable bonds is 5. The maximum atomic E-state index is 5.02. The van der Waals surface area contributed by atoms with Crippen LogP contribution in [0.25, 0.3) is 5.69 Å². The first-order valence-corrected chi connectivity index (χ1v) is 6.22. The Hall–Kier alpha value is -2.33. The van der Waals surface area contributed by atoms with Crippen molar-refractivity contribution in [2.45, 2.75) is 13.1 Å². The van der Waals surface area contributed by atoms with Crippen molar-refractivity contribution < 1.29 is 4.42 Å². The summed E-state index contributed by atoms with van der Waals surface area (Å²) in [5.41, 5.74) is 3.48. The molecule has 0 fully saturated rings. The summed E-state index contributed by atoms with van der Waals surface area (Å²) in [7, 11) is 0. The molecule has 96 valence electrons. The van der Waals surface area contributed by atoms with Crippen LogP contribution in [0.3, 0.4) is 0 Å². The highest BCUT2D eigenvalue weighted by Gasteiger charge is 1.98. The number of benzene rings is 1. The zero-order valence-electron chi connectivity index (χ0n) is 10.5. The lowest BCUT2D eigenvalue weighted by molar-refractivity contribution is 0.560. The van der Waals surface area contributed by atoms with E-state index >= 15 is 0 Å². The van der Waals surface area contributed by atoms with Gasteiger partial charge >= 0.3 is 0 Å². The van der Waals surface area contributed by atoms with Crippen molar-refractivity contribution in [3.8, 4) is 5.69 Å². The Labute approximate surface area is 111 Å². The van der Waals surface area contributed by atoms with Gasteiger partial charge in [-0.05, 0) is 29.8 Å². The minimum absolute atomic E-state index is 0.817. The number of hydrogen-bond acceptors (Lipinski definition) is 3. The van der Waals surface area contributed by atoms with Crippen molar-refractivity contribution in [2.75, 3.05) is 0 Å². The molecule has 0 atom stereocenters. The van der Waals surface area contributed by atoms with Crippen LogP contribution in [0, 0.1) is 0 Å². The van der Waals surface area contributed by atoms with Gasteiger partial charge in [0, 0.05) is 31.0 Å². The Kier molecular flexibility index (Phi) is 3.42. The van der Waals surface area contributed by atoms with E-state index in [1.165, 1.54) is 5.56 Å². The van der Waals surface area contributed by atoms with Crippen molar-refractivity contribution in [2.24, 2.45) is 0 Å². The molecule has 0 bridgehead atoms. The van der Waals surface area contributed by atoms with Crippen molar-refractivity contribution in [3.63, 3.8) is 0 Å². The van der Waals surface area contributed by atoms with E-state index in [0.29, 0.717) is 0 Å². The monoisotopic (exact) mass is 253 g/mol. The van der Waals surface area contributed by atoms with Crippen LogP contribution in [-0.4, -0.2) is 9.78 Å². The van der Waals surface area contributed by atoms with Crippen molar-refractivity contribution in [1.82, 2.24) is 15.1 Å². The van der Waals surface area contributed by atoms with E-state index in [-0.39, 0.29) is 0 Å². The van der Waals surface area contributed by atoms with Crippen LogP contribution in [0.15, 0.2) is 65.7 Å². The van der Waals surface area contributed by atoms with Crippen LogP contribution in [0.5, 0.6) is 0 Å². The first-order chi connectivity index (χ1) is 9.42. The second-order valence-corrected chi connectivity index (χ2v) is 4.35. The SMILES string of the molecule is c1cnn(-c2ccc(CNCc3ccoc3)cc2)c1. The van der Waals surface area contributed by atoms with E-state index in [1.807, 2.05) is 23.0 Å². The Morgan fingerprint density at radius 3 is 2.58 bits per heavy atom. The van der Waals surface area contributed by atoms with Crippen LogP contribution >= 0.6 is 0 Å². The van der Waals surface area contributed by atoms with Crippen molar-refractivity contribution in [3.05, 3.63) is 72.4 Å². The summed E-state index contributed by atoms with van der Waals surface area (Å²) < 4.78 is 6.87. The number of furan rings is 1. The van der Waals surface area contributed by atoms with Crippen molar-refractivity contribution in [1.29, 1.82) is 0 Å². The summed E-state index contributed by atoms with van der Waals surface area (Å²) in [6.07, 6.45) is 7.16. The Morgan fingerprint density at radius 2 is 1.89 bits per heavy atom. The van der Waals surface area contributed by atoms with E-state index in [9.17, 15) is 0 Å². The van der Waals surface area contributed by atoms with Gasteiger partial charge in [-0.25, -0.2) is 4.68 Å². The standard InChI is InChI=1S/C15H15N3O/c1-7-17-18(8-1)15-4-2-13(3-5-15)10-16-11-14-6-9-19-12-14/h1-9,12,16H,10-11H2. The molecule has 2 heterocycles. The summed E-state index contributed by atoms with van der Waals surface area (Å²) in [6.45, 7) is 1.65. The molecule has 0 aliphatic heterocycles. The molecule has 0 radical (unpaired) electrons. The van der Waals surface area contributed by atoms with Gasteiger partial charge in [-0.3, -0.25) is 0 Å². The third-order valence-corrected chi connectivity index (χ3v) is 2.94. The second kappa shape index (κ2) is 5.54. The summed E-state index contributed by atoms with van der Waals surface area (Å²) in [5.74, 6) is 0. The van der Waals surface area contributed by atoms with Gasteiger partial charge in [0.15, 0.2) is 0 Å². The maximum absolute atomic E-state index is 5.02. The molecular weight excluding hydrogens is 238 g/mol. The molecule has 3 rings (SSSR count). The maximum Gasteiger partial charge on any atom is 0.0947 e. The molecule has 0 saturated heterocycles. The normalized spacial score (nSPS) is 10.7. The van der Waals surface area contributed by atoms with E-state index in [0.717, 1.165) is 24.3 Å². The van der Waals surface area contributed by atoms with Gasteiger partial charge in [0.25, 0.3) is 0 Å². The van der Waals surface area contributed by atoms with E-state index in [4.69, 9.17) is 4.42 Å². The largest absolute Gasteiger partial charge is 0.472 e. The van der Waals surface area contributed by atoms with Gasteiger partial charge in [0.05, 0.1) is 18.2 Å². The number of hydrogen-bond donors (Lipinski definition) is 1. The fourth-order valence-corrected chi connectivity index (χ4v) is 1.93. The zero-order chi connectivity index (χ0) is 12.9. The third kappa shape index (κ3) is 2.92. The van der Waals surface area contributed by atoms with Crippen LogP contribution in [0.1, 0.15) is 11.1 Å². The van der Waals surface area contributed by atoms with Gasteiger partial charge in [0.2, 0.25) is 0 Å². The fraction of sp³-hybridized carbons (Fsp3) is 0.133. The highest BCUT2D eigenvalue weighted by atomic mass is 16.3. The number of nitrogens with zero attached hydrogens (tertiary/aromatic N) is 2. The summed E-state index contributed by atoms with van der Waals surface area (Å²) in [6, 6.07) is 12.2. The average Bonchev–Trinajstić information content (AvgIpc) is 3.13. The van der Waals surface area contributed by atoms with Crippen molar-refractivity contribution >= 4 is 0 Å². The molecule has 0 saturated carbocycles. The van der Waals surface area contributed by atoms with Crippen LogP contribution < -0.4 is 5.32 Å². The van der Waals surface area contributed by atoms with E-state index in [2.05, 4.69) is 34.7 Å². The summed E-state index contributed by atoms with van der Waals surface area (Å²) >= 11 is 0. The Balaban J connectivity index is 1.57. The molecule has 4 nitrogen and oxygen atoms in total. The first-order valence-electron chi connectivity index (χ1n) is 6.22. The smallest absolute Gasteiger partial charge is 0.0947 e. The molecule has 4 heteroatoms. The van der Waals surface area contributed by atoms with E-state index < -0.39 is 0 Å². The minimum atomic E-state index is 0.817. The molecule has 0 aliphatic carbocycles.